The molecule has 0 saturated heterocycles. The number of hydrogen-bond donors (Lipinski definition) is 1. The molecular formula is C12H15F2NO2. The molecule has 1 fully saturated rings. The minimum absolute atomic E-state index is 0.0870. The van der Waals surface area contributed by atoms with Gasteiger partial charge in [0.1, 0.15) is 11.5 Å². The molecule has 1 aliphatic carbocycles. The molecule has 1 atom stereocenters. The highest BCUT2D eigenvalue weighted by Crippen LogP contribution is 2.61. The number of nitrogens with two attached hydrogens (primary N) is 1. The average molecular weight is 243 g/mol. The van der Waals surface area contributed by atoms with E-state index in [0.717, 1.165) is 0 Å². The van der Waals surface area contributed by atoms with Crippen LogP contribution in [0.2, 0.25) is 0 Å². The van der Waals surface area contributed by atoms with Crippen LogP contribution in [0, 0.1) is 0 Å². The highest BCUT2D eigenvalue weighted by atomic mass is 19.3. The molecule has 0 radical (unpaired) electrons. The quantitative estimate of drug-likeness (QED) is 0.879. The summed E-state index contributed by atoms with van der Waals surface area (Å²) in [6.07, 6.45) is -0.215. The first-order valence-electron chi connectivity index (χ1n) is 5.30. The summed E-state index contributed by atoms with van der Waals surface area (Å²) in [7, 11) is 2.97. The van der Waals surface area contributed by atoms with E-state index in [1.165, 1.54) is 14.2 Å². The van der Waals surface area contributed by atoms with Crippen LogP contribution in [-0.4, -0.2) is 26.7 Å². The third-order valence-corrected chi connectivity index (χ3v) is 3.35. The highest BCUT2D eigenvalue weighted by Gasteiger charge is 2.71. The largest absolute Gasteiger partial charge is 0.497 e. The van der Waals surface area contributed by atoms with Crippen LogP contribution in [0.15, 0.2) is 18.2 Å². The van der Waals surface area contributed by atoms with Crippen molar-refractivity contribution in [3.05, 3.63) is 23.8 Å². The predicted molar refractivity (Wildman–Crippen MR) is 59.8 cm³/mol. The topological polar surface area (TPSA) is 44.5 Å². The summed E-state index contributed by atoms with van der Waals surface area (Å²) in [6.45, 7) is -0.0870. The Labute approximate surface area is 98.5 Å². The lowest BCUT2D eigenvalue weighted by Gasteiger charge is -2.16. The van der Waals surface area contributed by atoms with E-state index in [4.69, 9.17) is 15.2 Å². The fourth-order valence-corrected chi connectivity index (χ4v) is 2.07. The molecule has 1 unspecified atom stereocenters. The van der Waals surface area contributed by atoms with Gasteiger partial charge in [-0.15, -0.1) is 0 Å². The lowest BCUT2D eigenvalue weighted by Crippen LogP contribution is -2.26. The number of halogens is 2. The van der Waals surface area contributed by atoms with Crippen LogP contribution < -0.4 is 15.2 Å². The lowest BCUT2D eigenvalue weighted by molar-refractivity contribution is 0.0895. The number of benzene rings is 1. The molecule has 3 nitrogen and oxygen atoms in total. The van der Waals surface area contributed by atoms with Gasteiger partial charge < -0.3 is 15.2 Å². The van der Waals surface area contributed by atoms with Gasteiger partial charge in [-0.05, 0) is 17.7 Å². The number of hydrogen-bond acceptors (Lipinski definition) is 3. The zero-order valence-corrected chi connectivity index (χ0v) is 9.80. The Morgan fingerprint density at radius 2 is 1.65 bits per heavy atom. The van der Waals surface area contributed by atoms with E-state index < -0.39 is 11.3 Å². The zero-order chi connectivity index (χ0) is 12.7. The summed E-state index contributed by atoms with van der Waals surface area (Å²) in [5.41, 5.74) is 4.72. The first kappa shape index (κ1) is 12.1. The van der Waals surface area contributed by atoms with E-state index in [1.807, 2.05) is 0 Å². The smallest absolute Gasteiger partial charge is 0.260 e. The molecule has 17 heavy (non-hydrogen) atoms. The van der Waals surface area contributed by atoms with Crippen LogP contribution in [0.4, 0.5) is 8.78 Å². The third kappa shape index (κ3) is 1.74. The molecule has 2 rings (SSSR count). The van der Waals surface area contributed by atoms with E-state index in [0.29, 0.717) is 17.1 Å². The minimum atomic E-state index is -2.74. The van der Waals surface area contributed by atoms with Gasteiger partial charge in [0, 0.05) is 19.0 Å². The SMILES string of the molecule is COc1cc(OC)cc(C2(CN)CC2(F)F)c1. The normalized spacial score (nSPS) is 25.5. The number of alkyl halides is 2. The Morgan fingerprint density at radius 1 is 1.18 bits per heavy atom. The van der Waals surface area contributed by atoms with Gasteiger partial charge in [-0.3, -0.25) is 0 Å². The van der Waals surface area contributed by atoms with E-state index >= 15 is 0 Å². The van der Waals surface area contributed by atoms with Crippen molar-refractivity contribution in [2.24, 2.45) is 5.73 Å². The molecule has 0 bridgehead atoms. The number of methoxy groups -OCH3 is 2. The second-order valence-corrected chi connectivity index (χ2v) is 4.27. The lowest BCUT2D eigenvalue weighted by atomic mass is 9.95. The summed E-state index contributed by atoms with van der Waals surface area (Å²) in [4.78, 5) is 0. The van der Waals surface area contributed by atoms with E-state index in [1.54, 1.807) is 18.2 Å². The maximum absolute atomic E-state index is 13.4. The van der Waals surface area contributed by atoms with Crippen LogP contribution in [0.1, 0.15) is 12.0 Å². The van der Waals surface area contributed by atoms with Crippen molar-refractivity contribution < 1.29 is 18.3 Å². The monoisotopic (exact) mass is 243 g/mol. The molecule has 1 aromatic carbocycles. The van der Waals surface area contributed by atoms with Crippen LogP contribution in [0.3, 0.4) is 0 Å². The van der Waals surface area contributed by atoms with Crippen molar-refractivity contribution in [2.75, 3.05) is 20.8 Å². The van der Waals surface area contributed by atoms with Crippen molar-refractivity contribution in [3.63, 3.8) is 0 Å². The Kier molecular flexibility index (Phi) is 2.73. The average Bonchev–Trinajstić information content (AvgIpc) is 2.92. The van der Waals surface area contributed by atoms with E-state index in [-0.39, 0.29) is 13.0 Å². The maximum atomic E-state index is 13.4. The number of ether oxygens (including phenoxy) is 2. The van der Waals surface area contributed by atoms with Gasteiger partial charge in [0.25, 0.3) is 5.92 Å². The molecule has 1 aromatic rings. The van der Waals surface area contributed by atoms with Crippen LogP contribution in [0.5, 0.6) is 11.5 Å². The molecule has 94 valence electrons. The molecule has 1 saturated carbocycles. The molecule has 0 spiro atoms. The molecule has 5 heteroatoms. The summed E-state index contributed by atoms with van der Waals surface area (Å²) in [6, 6.07) is 4.83. The highest BCUT2D eigenvalue weighted by molar-refractivity contribution is 5.47. The van der Waals surface area contributed by atoms with Crippen molar-refractivity contribution in [1.29, 1.82) is 0 Å². The van der Waals surface area contributed by atoms with Gasteiger partial charge in [0.2, 0.25) is 0 Å². The van der Waals surface area contributed by atoms with Crippen molar-refractivity contribution in [1.82, 2.24) is 0 Å². The fourth-order valence-electron chi connectivity index (χ4n) is 2.07. The molecule has 0 heterocycles. The summed E-state index contributed by atoms with van der Waals surface area (Å²) in [5.74, 6) is -1.75. The van der Waals surface area contributed by atoms with E-state index in [2.05, 4.69) is 0 Å². The first-order valence-corrected chi connectivity index (χ1v) is 5.30. The molecule has 0 aliphatic heterocycles. The summed E-state index contributed by atoms with van der Waals surface area (Å²) >= 11 is 0. The zero-order valence-electron chi connectivity index (χ0n) is 9.80. The molecule has 2 N–H and O–H groups in total. The second kappa shape index (κ2) is 3.84. The number of rotatable bonds is 4. The fraction of sp³-hybridized carbons (Fsp3) is 0.500. The minimum Gasteiger partial charge on any atom is -0.497 e. The van der Waals surface area contributed by atoms with Gasteiger partial charge in [0.15, 0.2) is 0 Å². The Hall–Kier alpha value is -1.36. The third-order valence-electron chi connectivity index (χ3n) is 3.35. The first-order chi connectivity index (χ1) is 7.99. The summed E-state index contributed by atoms with van der Waals surface area (Å²) in [5, 5.41) is 0. The van der Waals surface area contributed by atoms with Crippen LogP contribution >= 0.6 is 0 Å². The predicted octanol–water partition coefficient (Wildman–Crippen LogP) is 1.94. The Morgan fingerprint density at radius 3 is 1.94 bits per heavy atom. The van der Waals surface area contributed by atoms with Gasteiger partial charge in [-0.25, -0.2) is 8.78 Å². The summed E-state index contributed by atoms with van der Waals surface area (Å²) < 4.78 is 37.0. The van der Waals surface area contributed by atoms with Gasteiger partial charge in [-0.1, -0.05) is 0 Å². The van der Waals surface area contributed by atoms with Gasteiger partial charge in [-0.2, -0.15) is 0 Å². The molecule has 0 amide bonds. The standard InChI is InChI=1S/C12H15F2NO2/c1-16-9-3-8(4-10(5-9)17-2)11(7-15)6-12(11,13)14/h3-5H,6-7,15H2,1-2H3. The molecular weight excluding hydrogens is 228 g/mol. The van der Waals surface area contributed by atoms with Crippen LogP contribution in [-0.2, 0) is 5.41 Å². The maximum Gasteiger partial charge on any atom is 0.260 e. The van der Waals surface area contributed by atoms with Crippen molar-refractivity contribution in [2.45, 2.75) is 17.8 Å². The Balaban J connectivity index is 2.45. The van der Waals surface area contributed by atoms with Gasteiger partial charge in [0.05, 0.1) is 19.6 Å². The van der Waals surface area contributed by atoms with Gasteiger partial charge >= 0.3 is 0 Å². The Bertz CT molecular complexity index is 414. The van der Waals surface area contributed by atoms with Crippen LogP contribution in [0.25, 0.3) is 0 Å². The second-order valence-electron chi connectivity index (χ2n) is 4.27. The van der Waals surface area contributed by atoms with Crippen molar-refractivity contribution in [3.8, 4) is 11.5 Å². The molecule has 0 aromatic heterocycles. The molecule has 1 aliphatic rings. The van der Waals surface area contributed by atoms with Crippen molar-refractivity contribution >= 4 is 0 Å². The van der Waals surface area contributed by atoms with E-state index in [9.17, 15) is 8.78 Å².